The second-order valence-corrected chi connectivity index (χ2v) is 9.14. The molecule has 9 heteroatoms. The highest BCUT2D eigenvalue weighted by molar-refractivity contribution is 7.95. The molecule has 0 aromatic heterocycles. The summed E-state index contributed by atoms with van der Waals surface area (Å²) in [4.78, 5) is 10.7. The first-order chi connectivity index (χ1) is 8.06. The number of hydrogen-bond donors (Lipinski definition) is 1. The van der Waals surface area contributed by atoms with Gasteiger partial charge in [-0.3, -0.25) is 4.79 Å². The van der Waals surface area contributed by atoms with Crippen LogP contribution in [0.5, 0.6) is 0 Å². The molecule has 18 heavy (non-hydrogen) atoms. The van der Waals surface area contributed by atoms with Crippen LogP contribution in [0.3, 0.4) is 0 Å². The zero-order valence-corrected chi connectivity index (χ0v) is 11.9. The van der Waals surface area contributed by atoms with Crippen molar-refractivity contribution in [2.24, 2.45) is 5.92 Å². The molecule has 1 heterocycles. The van der Waals surface area contributed by atoms with Crippen LogP contribution in [0.2, 0.25) is 0 Å². The van der Waals surface area contributed by atoms with E-state index >= 15 is 0 Å². The Hall–Kier alpha value is -0.670. The zero-order chi connectivity index (χ0) is 14.1. The van der Waals surface area contributed by atoms with E-state index in [1.54, 1.807) is 0 Å². The molecule has 1 aliphatic rings. The van der Waals surface area contributed by atoms with Gasteiger partial charge in [0.25, 0.3) is 0 Å². The zero-order valence-electron chi connectivity index (χ0n) is 10.2. The van der Waals surface area contributed by atoms with Gasteiger partial charge in [0.05, 0.1) is 22.7 Å². The molecule has 0 aromatic rings. The minimum absolute atomic E-state index is 0.0798. The van der Waals surface area contributed by atoms with Gasteiger partial charge in [0.15, 0.2) is 9.84 Å². The van der Waals surface area contributed by atoms with Gasteiger partial charge in [-0.1, -0.05) is 6.92 Å². The van der Waals surface area contributed by atoms with Crippen molar-refractivity contribution >= 4 is 25.8 Å². The van der Waals surface area contributed by atoms with E-state index in [1.807, 2.05) is 0 Å². The summed E-state index contributed by atoms with van der Waals surface area (Å²) in [6.45, 7) is 1.24. The third-order valence-corrected chi connectivity index (χ3v) is 7.24. The van der Waals surface area contributed by atoms with E-state index in [0.717, 1.165) is 4.31 Å². The Morgan fingerprint density at radius 3 is 2.44 bits per heavy atom. The Bertz CT molecular complexity index is 523. The second-order valence-electron chi connectivity index (χ2n) is 4.59. The number of sulfonamides is 1. The van der Waals surface area contributed by atoms with Crippen molar-refractivity contribution in [3.8, 4) is 0 Å². The Labute approximate surface area is 107 Å². The van der Waals surface area contributed by atoms with E-state index in [0.29, 0.717) is 0 Å². The van der Waals surface area contributed by atoms with E-state index in [2.05, 4.69) is 0 Å². The minimum atomic E-state index is -3.75. The van der Waals surface area contributed by atoms with Crippen LogP contribution < -0.4 is 0 Å². The second kappa shape index (κ2) is 5.14. The van der Waals surface area contributed by atoms with Gasteiger partial charge in [-0.15, -0.1) is 0 Å². The van der Waals surface area contributed by atoms with E-state index in [4.69, 9.17) is 5.11 Å². The standard InChI is InChI=1S/C9H17NO6S2/c1-7(9(11)12)5-10(2)18(15,16)8-3-4-17(13,14)6-8/h7-8H,3-6H2,1-2H3,(H,11,12). The minimum Gasteiger partial charge on any atom is -0.481 e. The average molecular weight is 299 g/mol. The van der Waals surface area contributed by atoms with Crippen molar-refractivity contribution in [2.45, 2.75) is 18.6 Å². The highest BCUT2D eigenvalue weighted by atomic mass is 32.2. The van der Waals surface area contributed by atoms with Crippen molar-refractivity contribution in [1.82, 2.24) is 4.31 Å². The summed E-state index contributed by atoms with van der Waals surface area (Å²) >= 11 is 0. The summed E-state index contributed by atoms with van der Waals surface area (Å²) < 4.78 is 47.6. The molecule has 0 aliphatic carbocycles. The van der Waals surface area contributed by atoms with Gasteiger partial charge in [-0.25, -0.2) is 21.1 Å². The van der Waals surface area contributed by atoms with Crippen LogP contribution in [-0.2, 0) is 24.7 Å². The van der Waals surface area contributed by atoms with E-state index in [1.165, 1.54) is 14.0 Å². The van der Waals surface area contributed by atoms with Crippen molar-refractivity contribution in [3.63, 3.8) is 0 Å². The van der Waals surface area contributed by atoms with Gasteiger partial charge in [0, 0.05) is 13.6 Å². The van der Waals surface area contributed by atoms with Crippen molar-refractivity contribution in [2.75, 3.05) is 25.1 Å². The van der Waals surface area contributed by atoms with Crippen molar-refractivity contribution in [3.05, 3.63) is 0 Å². The summed E-state index contributed by atoms with van der Waals surface area (Å²) in [5, 5.41) is 7.78. The summed E-state index contributed by atoms with van der Waals surface area (Å²) in [6, 6.07) is 0. The smallest absolute Gasteiger partial charge is 0.307 e. The predicted octanol–water partition coefficient (Wildman–Crippen LogP) is -0.844. The Kier molecular flexibility index (Phi) is 4.39. The molecule has 1 saturated heterocycles. The maximum atomic E-state index is 12.0. The SMILES string of the molecule is CC(CN(C)S(=O)(=O)C1CCS(=O)(=O)C1)C(=O)O. The molecule has 0 saturated carbocycles. The molecule has 1 fully saturated rings. The van der Waals surface area contributed by atoms with Gasteiger partial charge < -0.3 is 5.11 Å². The van der Waals surface area contributed by atoms with Crippen molar-refractivity contribution in [1.29, 1.82) is 0 Å². The molecule has 0 bridgehead atoms. The fraction of sp³-hybridized carbons (Fsp3) is 0.889. The fourth-order valence-electron chi connectivity index (χ4n) is 1.82. The first-order valence-corrected chi connectivity index (χ1v) is 8.77. The molecule has 0 radical (unpaired) electrons. The van der Waals surface area contributed by atoms with Gasteiger partial charge in [0.2, 0.25) is 10.0 Å². The number of nitrogens with zero attached hydrogens (tertiary/aromatic N) is 1. The number of aliphatic carboxylic acids is 1. The van der Waals surface area contributed by atoms with E-state index in [-0.39, 0.29) is 24.5 Å². The van der Waals surface area contributed by atoms with Crippen LogP contribution in [0.15, 0.2) is 0 Å². The van der Waals surface area contributed by atoms with Crippen LogP contribution in [0, 0.1) is 5.92 Å². The monoisotopic (exact) mass is 299 g/mol. The van der Waals surface area contributed by atoms with Gasteiger partial charge in [0.1, 0.15) is 0 Å². The maximum absolute atomic E-state index is 12.0. The summed E-state index contributed by atoms with van der Waals surface area (Å²) in [6.07, 6.45) is 0.0798. The Morgan fingerprint density at radius 1 is 1.50 bits per heavy atom. The molecule has 7 nitrogen and oxygen atoms in total. The number of carbonyl (C=O) groups is 1. The quantitative estimate of drug-likeness (QED) is 0.708. The third-order valence-electron chi connectivity index (χ3n) is 3.00. The fourth-order valence-corrected chi connectivity index (χ4v) is 6.18. The molecule has 2 atom stereocenters. The van der Waals surface area contributed by atoms with E-state index in [9.17, 15) is 21.6 Å². The highest BCUT2D eigenvalue weighted by Crippen LogP contribution is 2.21. The van der Waals surface area contributed by atoms with Crippen LogP contribution in [-0.4, -0.2) is 62.6 Å². The molecular formula is C9H17NO6S2. The molecule has 1 rings (SSSR count). The van der Waals surface area contributed by atoms with Crippen LogP contribution in [0.4, 0.5) is 0 Å². The molecule has 1 aliphatic heterocycles. The number of carboxylic acid groups (broad SMARTS) is 1. The number of rotatable bonds is 5. The van der Waals surface area contributed by atoms with Crippen LogP contribution in [0.1, 0.15) is 13.3 Å². The molecule has 2 unspecified atom stereocenters. The van der Waals surface area contributed by atoms with E-state index < -0.39 is 37.0 Å². The van der Waals surface area contributed by atoms with Gasteiger partial charge in [-0.2, -0.15) is 0 Å². The predicted molar refractivity (Wildman–Crippen MR) is 65.4 cm³/mol. The molecule has 106 valence electrons. The molecule has 0 amide bonds. The van der Waals surface area contributed by atoms with Crippen molar-refractivity contribution < 1.29 is 26.7 Å². The summed E-state index contributed by atoms with van der Waals surface area (Å²) in [5.74, 6) is -2.42. The normalized spacial score (nSPS) is 25.2. The summed E-state index contributed by atoms with van der Waals surface area (Å²) in [7, 11) is -5.75. The van der Waals surface area contributed by atoms with Gasteiger partial charge in [-0.05, 0) is 6.42 Å². The van der Waals surface area contributed by atoms with Gasteiger partial charge >= 0.3 is 5.97 Å². The first kappa shape index (κ1) is 15.4. The maximum Gasteiger partial charge on any atom is 0.307 e. The Morgan fingerprint density at radius 2 is 2.06 bits per heavy atom. The number of sulfone groups is 1. The lowest BCUT2D eigenvalue weighted by molar-refractivity contribution is -0.141. The molecule has 0 aromatic carbocycles. The molecular weight excluding hydrogens is 282 g/mol. The lowest BCUT2D eigenvalue weighted by atomic mass is 10.2. The Balaban J connectivity index is 2.78. The lowest BCUT2D eigenvalue weighted by Crippen LogP contribution is -2.40. The molecule has 0 spiro atoms. The largest absolute Gasteiger partial charge is 0.481 e. The summed E-state index contributed by atoms with van der Waals surface area (Å²) in [5.41, 5.74) is 0. The van der Waals surface area contributed by atoms with Crippen LogP contribution >= 0.6 is 0 Å². The number of carboxylic acids is 1. The topological polar surface area (TPSA) is 109 Å². The average Bonchev–Trinajstić information content (AvgIpc) is 2.58. The third kappa shape index (κ3) is 3.42. The lowest BCUT2D eigenvalue weighted by Gasteiger charge is -2.22. The van der Waals surface area contributed by atoms with Crippen LogP contribution in [0.25, 0.3) is 0 Å². The number of hydrogen-bond acceptors (Lipinski definition) is 5. The highest BCUT2D eigenvalue weighted by Gasteiger charge is 2.39. The molecule has 1 N–H and O–H groups in total. The first-order valence-electron chi connectivity index (χ1n) is 5.44.